The average Bonchev–Trinajstić information content (AvgIpc) is 2.93. The number of halogens is 2. The van der Waals surface area contributed by atoms with Crippen molar-refractivity contribution >= 4 is 17.7 Å². The molecule has 2 heterocycles. The van der Waals surface area contributed by atoms with Crippen LogP contribution in [0, 0.1) is 17.6 Å². The predicted octanol–water partition coefficient (Wildman–Crippen LogP) is 0.727. The van der Waals surface area contributed by atoms with Crippen molar-refractivity contribution in [3.05, 3.63) is 35.4 Å². The highest BCUT2D eigenvalue weighted by Gasteiger charge is 2.36. The Morgan fingerprint density at radius 2 is 1.72 bits per heavy atom. The summed E-state index contributed by atoms with van der Waals surface area (Å²) >= 11 is 0. The van der Waals surface area contributed by atoms with Gasteiger partial charge in [0.05, 0.1) is 11.5 Å². The minimum absolute atomic E-state index is 0.0426. The second-order valence-corrected chi connectivity index (χ2v) is 6.42. The van der Waals surface area contributed by atoms with E-state index in [2.05, 4.69) is 0 Å². The number of hydrogen-bond donors (Lipinski definition) is 0. The molecule has 25 heavy (non-hydrogen) atoms. The van der Waals surface area contributed by atoms with Gasteiger partial charge < -0.3 is 14.7 Å². The first kappa shape index (κ1) is 17.3. The molecule has 6 nitrogen and oxygen atoms in total. The maximum absolute atomic E-state index is 13.7. The van der Waals surface area contributed by atoms with E-state index in [1.807, 2.05) is 0 Å². The van der Waals surface area contributed by atoms with Crippen LogP contribution in [-0.2, 0) is 9.59 Å². The molecule has 8 heteroatoms. The van der Waals surface area contributed by atoms with Crippen LogP contribution in [0.25, 0.3) is 0 Å². The Hall–Kier alpha value is -2.51. The molecule has 3 rings (SSSR count). The summed E-state index contributed by atoms with van der Waals surface area (Å²) in [7, 11) is 1.67. The Balaban J connectivity index is 1.59. The summed E-state index contributed by atoms with van der Waals surface area (Å²) in [5, 5.41) is 0. The van der Waals surface area contributed by atoms with Crippen molar-refractivity contribution in [3.8, 4) is 0 Å². The van der Waals surface area contributed by atoms with E-state index in [1.165, 1.54) is 4.90 Å². The molecule has 134 valence electrons. The number of benzene rings is 1. The van der Waals surface area contributed by atoms with Crippen LogP contribution in [0.3, 0.4) is 0 Å². The quantitative estimate of drug-likeness (QED) is 0.789. The number of nitrogens with zero attached hydrogens (tertiary/aromatic N) is 3. The number of likely N-dealkylation sites (tertiary alicyclic amines) is 1. The van der Waals surface area contributed by atoms with Gasteiger partial charge in [-0.3, -0.25) is 14.4 Å². The molecule has 1 aromatic carbocycles. The third-order valence-electron chi connectivity index (χ3n) is 4.73. The zero-order valence-electron chi connectivity index (χ0n) is 13.9. The maximum atomic E-state index is 13.7. The lowest BCUT2D eigenvalue weighted by Crippen LogP contribution is -2.52. The van der Waals surface area contributed by atoms with Crippen LogP contribution in [0.4, 0.5) is 8.78 Å². The van der Waals surface area contributed by atoms with Gasteiger partial charge in [-0.2, -0.15) is 0 Å². The van der Waals surface area contributed by atoms with Gasteiger partial charge in [-0.1, -0.05) is 0 Å². The van der Waals surface area contributed by atoms with E-state index in [1.54, 1.807) is 16.8 Å². The summed E-state index contributed by atoms with van der Waals surface area (Å²) in [6.07, 6.45) is 0.218. The highest BCUT2D eigenvalue weighted by molar-refractivity contribution is 5.95. The molecule has 0 radical (unpaired) electrons. The highest BCUT2D eigenvalue weighted by Crippen LogP contribution is 2.20. The van der Waals surface area contributed by atoms with Crippen LogP contribution in [0.5, 0.6) is 0 Å². The van der Waals surface area contributed by atoms with Crippen molar-refractivity contribution in [2.75, 3.05) is 39.8 Å². The molecule has 1 aromatic rings. The Morgan fingerprint density at radius 3 is 2.28 bits per heavy atom. The molecule has 0 spiro atoms. The molecule has 1 atom stereocenters. The Bertz CT molecular complexity index is 717. The molecule has 0 aromatic heterocycles. The van der Waals surface area contributed by atoms with Crippen LogP contribution in [0.1, 0.15) is 16.8 Å². The van der Waals surface area contributed by atoms with Gasteiger partial charge in [0.15, 0.2) is 0 Å². The van der Waals surface area contributed by atoms with E-state index in [-0.39, 0.29) is 42.8 Å². The fourth-order valence-electron chi connectivity index (χ4n) is 3.25. The second kappa shape index (κ2) is 6.78. The van der Waals surface area contributed by atoms with E-state index in [4.69, 9.17) is 0 Å². The Labute approximate surface area is 144 Å². The summed E-state index contributed by atoms with van der Waals surface area (Å²) in [6, 6.07) is 2.86. The highest BCUT2D eigenvalue weighted by atomic mass is 19.1. The summed E-state index contributed by atoms with van der Waals surface area (Å²) in [4.78, 5) is 41.0. The summed E-state index contributed by atoms with van der Waals surface area (Å²) < 4.78 is 26.7. The number of piperazine rings is 1. The van der Waals surface area contributed by atoms with Gasteiger partial charge in [0.25, 0.3) is 5.91 Å². The summed E-state index contributed by atoms with van der Waals surface area (Å²) in [5.41, 5.74) is -0.177. The Morgan fingerprint density at radius 1 is 1.08 bits per heavy atom. The second-order valence-electron chi connectivity index (χ2n) is 6.42. The molecule has 2 aliphatic rings. The number of carbonyl (C=O) groups is 3. The molecule has 2 fully saturated rings. The fourth-order valence-corrected chi connectivity index (χ4v) is 3.25. The van der Waals surface area contributed by atoms with Crippen LogP contribution >= 0.6 is 0 Å². The summed E-state index contributed by atoms with van der Waals surface area (Å²) in [6.45, 7) is 1.64. The molecule has 0 bridgehead atoms. The lowest BCUT2D eigenvalue weighted by molar-refractivity contribution is -0.137. The van der Waals surface area contributed by atoms with E-state index >= 15 is 0 Å². The lowest BCUT2D eigenvalue weighted by atomic mass is 10.1. The maximum Gasteiger partial charge on any atom is 0.256 e. The molecular formula is C17H19F2N3O3. The van der Waals surface area contributed by atoms with E-state index in [9.17, 15) is 23.2 Å². The number of carbonyl (C=O) groups excluding carboxylic acids is 3. The first-order valence-corrected chi connectivity index (χ1v) is 8.14. The molecule has 0 saturated carbocycles. The van der Waals surface area contributed by atoms with E-state index < -0.39 is 17.5 Å². The monoisotopic (exact) mass is 351 g/mol. The third-order valence-corrected chi connectivity index (χ3v) is 4.73. The number of hydrogen-bond acceptors (Lipinski definition) is 3. The zero-order valence-corrected chi connectivity index (χ0v) is 13.9. The van der Waals surface area contributed by atoms with Crippen LogP contribution in [0.2, 0.25) is 0 Å². The lowest BCUT2D eigenvalue weighted by Gasteiger charge is -2.36. The fraction of sp³-hybridized carbons (Fsp3) is 0.471. The Kier molecular flexibility index (Phi) is 4.69. The first-order chi connectivity index (χ1) is 11.9. The van der Waals surface area contributed by atoms with Crippen molar-refractivity contribution in [2.24, 2.45) is 5.92 Å². The molecular weight excluding hydrogens is 332 g/mol. The zero-order chi connectivity index (χ0) is 18.1. The number of rotatable bonds is 2. The predicted molar refractivity (Wildman–Crippen MR) is 84.6 cm³/mol. The third kappa shape index (κ3) is 3.47. The van der Waals surface area contributed by atoms with Gasteiger partial charge in [-0.25, -0.2) is 8.78 Å². The van der Waals surface area contributed by atoms with Crippen molar-refractivity contribution in [3.63, 3.8) is 0 Å². The van der Waals surface area contributed by atoms with E-state index in [0.29, 0.717) is 25.7 Å². The standard InChI is InChI=1S/C17H19F2N3O3/c1-20-10-11(8-15(20)23)16(24)21-4-6-22(7-5-21)17(25)13-3-2-12(18)9-14(13)19/h2-3,9,11H,4-8,10H2,1H3. The van der Waals surface area contributed by atoms with Crippen LogP contribution in [0.15, 0.2) is 18.2 Å². The molecule has 2 saturated heterocycles. The first-order valence-electron chi connectivity index (χ1n) is 8.14. The van der Waals surface area contributed by atoms with E-state index in [0.717, 1.165) is 12.1 Å². The SMILES string of the molecule is CN1CC(C(=O)N2CCN(C(=O)c3ccc(F)cc3F)CC2)CC1=O. The number of amides is 3. The smallest absolute Gasteiger partial charge is 0.256 e. The minimum Gasteiger partial charge on any atom is -0.345 e. The van der Waals surface area contributed by atoms with Crippen LogP contribution < -0.4 is 0 Å². The molecule has 0 aliphatic carbocycles. The van der Waals surface area contributed by atoms with Crippen molar-refractivity contribution in [2.45, 2.75) is 6.42 Å². The van der Waals surface area contributed by atoms with Gasteiger partial charge in [-0.05, 0) is 12.1 Å². The minimum atomic E-state index is -0.893. The average molecular weight is 351 g/mol. The van der Waals surface area contributed by atoms with Gasteiger partial charge in [0.1, 0.15) is 11.6 Å². The van der Waals surface area contributed by atoms with Gasteiger partial charge >= 0.3 is 0 Å². The van der Waals surface area contributed by atoms with Gasteiger partial charge in [-0.15, -0.1) is 0 Å². The molecule has 0 N–H and O–H groups in total. The topological polar surface area (TPSA) is 60.9 Å². The summed E-state index contributed by atoms with van der Waals surface area (Å²) in [5.74, 6) is -2.61. The van der Waals surface area contributed by atoms with Crippen LogP contribution in [-0.4, -0.2) is 72.2 Å². The molecule has 1 unspecified atom stereocenters. The van der Waals surface area contributed by atoms with Crippen molar-refractivity contribution in [1.82, 2.24) is 14.7 Å². The van der Waals surface area contributed by atoms with Gasteiger partial charge in [0.2, 0.25) is 11.8 Å². The normalized spacial score (nSPS) is 21.0. The largest absolute Gasteiger partial charge is 0.345 e. The van der Waals surface area contributed by atoms with Crippen molar-refractivity contribution in [1.29, 1.82) is 0 Å². The van der Waals surface area contributed by atoms with Crippen molar-refractivity contribution < 1.29 is 23.2 Å². The molecule has 3 amide bonds. The van der Waals surface area contributed by atoms with Gasteiger partial charge in [0, 0.05) is 52.3 Å². The molecule has 2 aliphatic heterocycles.